The zero-order chi connectivity index (χ0) is 14.1. The molecular formula is C13H27N3O2. The van der Waals surface area contributed by atoms with Gasteiger partial charge in [-0.2, -0.15) is 0 Å². The Morgan fingerprint density at radius 2 is 2.00 bits per heavy atom. The summed E-state index contributed by atoms with van der Waals surface area (Å²) < 4.78 is 0. The van der Waals surface area contributed by atoms with Gasteiger partial charge >= 0.3 is 0 Å². The summed E-state index contributed by atoms with van der Waals surface area (Å²) in [7, 11) is 1.64. The molecule has 1 aliphatic rings. The third kappa shape index (κ3) is 3.22. The first-order chi connectivity index (χ1) is 8.18. The van der Waals surface area contributed by atoms with Gasteiger partial charge in [-0.05, 0) is 17.8 Å². The Labute approximate surface area is 110 Å². The quantitative estimate of drug-likeness (QED) is 0.565. The third-order valence-corrected chi connectivity index (χ3v) is 3.94. The van der Waals surface area contributed by atoms with E-state index in [2.05, 4.69) is 10.6 Å². The molecule has 0 saturated heterocycles. The average molecular weight is 257 g/mol. The van der Waals surface area contributed by atoms with Gasteiger partial charge in [-0.25, -0.2) is 0 Å². The maximum absolute atomic E-state index is 11.9. The molecule has 0 aromatic rings. The highest BCUT2D eigenvalue weighted by Crippen LogP contribution is 2.28. The number of nitrogens with one attached hydrogen (secondary N) is 2. The molecule has 0 aliphatic heterocycles. The molecule has 5 nitrogen and oxygen atoms in total. The summed E-state index contributed by atoms with van der Waals surface area (Å²) in [4.78, 5) is 11.9. The number of amides is 1. The van der Waals surface area contributed by atoms with E-state index in [-0.39, 0.29) is 35.4 Å². The number of aliphatic hydroxyl groups is 1. The van der Waals surface area contributed by atoms with Crippen molar-refractivity contribution in [2.75, 3.05) is 7.05 Å². The fourth-order valence-corrected chi connectivity index (χ4v) is 2.55. The molecular weight excluding hydrogens is 230 g/mol. The summed E-state index contributed by atoms with van der Waals surface area (Å²) in [5.74, 6) is 0.138. The van der Waals surface area contributed by atoms with Crippen molar-refractivity contribution in [3.8, 4) is 0 Å². The van der Waals surface area contributed by atoms with E-state index in [0.29, 0.717) is 6.42 Å². The van der Waals surface area contributed by atoms with Gasteiger partial charge < -0.3 is 21.5 Å². The number of likely N-dealkylation sites (N-methyl/N-ethyl adjacent to an activating group) is 1. The molecule has 18 heavy (non-hydrogen) atoms. The summed E-state index contributed by atoms with van der Waals surface area (Å²) >= 11 is 0. The van der Waals surface area contributed by atoms with Crippen LogP contribution in [0.25, 0.3) is 0 Å². The van der Waals surface area contributed by atoms with Gasteiger partial charge in [0.25, 0.3) is 0 Å². The Morgan fingerprint density at radius 1 is 1.44 bits per heavy atom. The normalized spacial score (nSPS) is 34.4. The molecule has 1 amide bonds. The van der Waals surface area contributed by atoms with Gasteiger partial charge in [-0.15, -0.1) is 0 Å². The summed E-state index contributed by atoms with van der Waals surface area (Å²) in [6.07, 6.45) is 0.120. The summed E-state index contributed by atoms with van der Waals surface area (Å²) in [6.45, 7) is 8.09. The van der Waals surface area contributed by atoms with Crippen LogP contribution in [0, 0.1) is 11.3 Å². The highest BCUT2D eigenvalue weighted by atomic mass is 16.3. The molecule has 0 heterocycles. The van der Waals surface area contributed by atoms with Gasteiger partial charge in [0.1, 0.15) is 0 Å². The van der Waals surface area contributed by atoms with Crippen LogP contribution in [0.3, 0.4) is 0 Å². The minimum atomic E-state index is -0.484. The van der Waals surface area contributed by atoms with Crippen molar-refractivity contribution in [3.05, 3.63) is 0 Å². The Bertz CT molecular complexity index is 301. The fraction of sp³-hybridized carbons (Fsp3) is 0.923. The highest BCUT2D eigenvalue weighted by molar-refractivity contribution is 5.82. The van der Waals surface area contributed by atoms with E-state index in [1.165, 1.54) is 0 Å². The van der Waals surface area contributed by atoms with Gasteiger partial charge in [-0.3, -0.25) is 4.79 Å². The van der Waals surface area contributed by atoms with E-state index in [9.17, 15) is 9.90 Å². The molecule has 0 spiro atoms. The molecule has 0 radical (unpaired) electrons. The maximum atomic E-state index is 11.9. The minimum Gasteiger partial charge on any atom is -0.391 e. The van der Waals surface area contributed by atoms with E-state index < -0.39 is 6.10 Å². The van der Waals surface area contributed by atoms with Crippen molar-refractivity contribution in [1.29, 1.82) is 0 Å². The van der Waals surface area contributed by atoms with Gasteiger partial charge in [0.15, 0.2) is 0 Å². The summed E-state index contributed by atoms with van der Waals surface area (Å²) in [5.41, 5.74) is 5.73. The zero-order valence-corrected chi connectivity index (χ0v) is 12.0. The largest absolute Gasteiger partial charge is 0.391 e. The number of nitrogens with two attached hydrogens (primary N) is 1. The van der Waals surface area contributed by atoms with Gasteiger partial charge in [0.05, 0.1) is 12.1 Å². The van der Waals surface area contributed by atoms with Crippen molar-refractivity contribution in [1.82, 2.24) is 10.6 Å². The van der Waals surface area contributed by atoms with E-state index in [1.807, 2.05) is 27.7 Å². The van der Waals surface area contributed by atoms with Crippen LogP contribution >= 0.6 is 0 Å². The number of rotatable bonds is 3. The molecule has 5 unspecified atom stereocenters. The number of carbonyl (C=O) groups is 1. The van der Waals surface area contributed by atoms with E-state index >= 15 is 0 Å². The van der Waals surface area contributed by atoms with Gasteiger partial charge in [-0.1, -0.05) is 27.7 Å². The predicted octanol–water partition coefficient (Wildman–Crippen LogP) is -0.167. The van der Waals surface area contributed by atoms with Crippen molar-refractivity contribution < 1.29 is 9.90 Å². The molecule has 1 fully saturated rings. The molecule has 1 aliphatic carbocycles. The molecule has 5 atom stereocenters. The van der Waals surface area contributed by atoms with Crippen molar-refractivity contribution >= 4 is 5.91 Å². The van der Waals surface area contributed by atoms with Crippen LogP contribution in [0.5, 0.6) is 0 Å². The third-order valence-electron chi connectivity index (χ3n) is 3.94. The average Bonchev–Trinajstić information content (AvgIpc) is 2.51. The Balaban J connectivity index is 2.77. The highest BCUT2D eigenvalue weighted by Gasteiger charge is 2.41. The Kier molecular flexibility index (Phi) is 4.75. The van der Waals surface area contributed by atoms with Crippen LogP contribution in [-0.4, -0.2) is 42.3 Å². The Morgan fingerprint density at radius 3 is 2.33 bits per heavy atom. The second kappa shape index (κ2) is 5.55. The first-order valence-electron chi connectivity index (χ1n) is 6.59. The molecule has 0 aromatic carbocycles. The minimum absolute atomic E-state index is 0.0235. The van der Waals surface area contributed by atoms with Gasteiger partial charge in [0.2, 0.25) is 5.91 Å². The molecule has 1 rings (SSSR count). The first kappa shape index (κ1) is 15.4. The van der Waals surface area contributed by atoms with Crippen LogP contribution < -0.4 is 16.4 Å². The second-order valence-corrected chi connectivity index (χ2v) is 6.43. The topological polar surface area (TPSA) is 87.4 Å². The molecule has 1 saturated carbocycles. The lowest BCUT2D eigenvalue weighted by molar-refractivity contribution is -0.125. The lowest BCUT2D eigenvalue weighted by atomic mass is 9.85. The van der Waals surface area contributed by atoms with E-state index in [0.717, 1.165) is 0 Å². The van der Waals surface area contributed by atoms with Crippen molar-refractivity contribution in [2.24, 2.45) is 17.1 Å². The van der Waals surface area contributed by atoms with Crippen LogP contribution in [0.2, 0.25) is 0 Å². The molecule has 106 valence electrons. The predicted molar refractivity (Wildman–Crippen MR) is 72.0 cm³/mol. The van der Waals surface area contributed by atoms with Crippen molar-refractivity contribution in [3.63, 3.8) is 0 Å². The van der Waals surface area contributed by atoms with Crippen LogP contribution in [-0.2, 0) is 4.79 Å². The maximum Gasteiger partial charge on any atom is 0.237 e. The van der Waals surface area contributed by atoms with Crippen LogP contribution in [0.15, 0.2) is 0 Å². The molecule has 0 aromatic heterocycles. The number of aliphatic hydroxyl groups excluding tert-OH is 1. The van der Waals surface area contributed by atoms with Gasteiger partial charge in [0, 0.05) is 19.1 Å². The standard InChI is InChI=1S/C13H27N3O2/c1-7-8(6-9(17)10(7)14)16-11(12(18)15-5)13(2,3)4/h7-11,16-17H,6,14H2,1-5H3,(H,15,18). The number of hydrogen-bond acceptors (Lipinski definition) is 4. The lowest BCUT2D eigenvalue weighted by Crippen LogP contribution is -2.55. The molecule has 5 N–H and O–H groups in total. The number of hydrogen-bond donors (Lipinski definition) is 4. The van der Waals surface area contributed by atoms with Crippen molar-refractivity contribution in [2.45, 2.75) is 58.3 Å². The van der Waals surface area contributed by atoms with Crippen LogP contribution in [0.4, 0.5) is 0 Å². The second-order valence-electron chi connectivity index (χ2n) is 6.43. The lowest BCUT2D eigenvalue weighted by Gasteiger charge is -2.34. The summed E-state index contributed by atoms with van der Waals surface area (Å²) in [6, 6.07) is -0.420. The van der Waals surface area contributed by atoms with E-state index in [4.69, 9.17) is 5.73 Å². The van der Waals surface area contributed by atoms with E-state index in [1.54, 1.807) is 7.05 Å². The fourth-order valence-electron chi connectivity index (χ4n) is 2.55. The van der Waals surface area contributed by atoms with Crippen LogP contribution in [0.1, 0.15) is 34.1 Å². The smallest absolute Gasteiger partial charge is 0.237 e. The number of carbonyl (C=O) groups excluding carboxylic acids is 1. The molecule has 5 heteroatoms. The Hall–Kier alpha value is -0.650. The summed E-state index contributed by atoms with van der Waals surface area (Å²) in [5, 5.41) is 15.8. The zero-order valence-electron chi connectivity index (χ0n) is 12.0. The monoisotopic (exact) mass is 257 g/mol. The SMILES string of the molecule is CNC(=O)C(NC1CC(O)C(N)C1C)C(C)(C)C. The molecule has 0 bridgehead atoms. The first-order valence-corrected chi connectivity index (χ1v) is 6.59.